The van der Waals surface area contributed by atoms with Crippen molar-refractivity contribution in [1.29, 1.82) is 0 Å². The van der Waals surface area contributed by atoms with Gasteiger partial charge in [-0.3, -0.25) is 5.10 Å². The molecule has 2 N–H and O–H groups in total. The van der Waals surface area contributed by atoms with E-state index in [1.807, 2.05) is 6.92 Å². The lowest BCUT2D eigenvalue weighted by Gasteiger charge is -2.38. The summed E-state index contributed by atoms with van der Waals surface area (Å²) < 4.78 is 41.5. The predicted molar refractivity (Wildman–Crippen MR) is 83.1 cm³/mol. The molecule has 4 atom stereocenters. The zero-order valence-electron chi connectivity index (χ0n) is 13.1. The molecule has 24 heavy (non-hydrogen) atoms. The summed E-state index contributed by atoms with van der Waals surface area (Å²) in [6.45, 7) is 2.03. The van der Waals surface area contributed by atoms with E-state index in [1.54, 1.807) is 18.3 Å². The van der Waals surface area contributed by atoms with Crippen LogP contribution in [-0.4, -0.2) is 27.6 Å². The van der Waals surface area contributed by atoms with Crippen molar-refractivity contribution in [3.05, 3.63) is 35.0 Å². The summed E-state index contributed by atoms with van der Waals surface area (Å²) in [7, 11) is 0. The summed E-state index contributed by atoms with van der Waals surface area (Å²) in [5.41, 5.74) is 1.59. The Morgan fingerprint density at radius 1 is 1.33 bits per heavy atom. The van der Waals surface area contributed by atoms with Crippen LogP contribution in [0.1, 0.15) is 30.9 Å². The third kappa shape index (κ3) is 1.55. The van der Waals surface area contributed by atoms with E-state index in [0.29, 0.717) is 30.4 Å². The van der Waals surface area contributed by atoms with Gasteiger partial charge in [0.05, 0.1) is 23.4 Å². The molecular formula is C18H17F3N2O. The Morgan fingerprint density at radius 2 is 2.12 bits per heavy atom. The summed E-state index contributed by atoms with van der Waals surface area (Å²) in [5.74, 6) is -0.170. The molecule has 0 aliphatic heterocycles. The number of nitrogens with one attached hydrogen (secondary N) is 1. The number of halogens is 3. The molecule has 0 amide bonds. The van der Waals surface area contributed by atoms with Crippen LogP contribution in [0.15, 0.2) is 23.9 Å². The highest BCUT2D eigenvalue weighted by Crippen LogP contribution is 2.67. The average molecular weight is 334 g/mol. The highest BCUT2D eigenvalue weighted by Gasteiger charge is 2.62. The zero-order valence-corrected chi connectivity index (χ0v) is 13.1. The van der Waals surface area contributed by atoms with Crippen molar-refractivity contribution in [2.75, 3.05) is 0 Å². The van der Waals surface area contributed by atoms with Gasteiger partial charge >= 0.3 is 6.18 Å². The van der Waals surface area contributed by atoms with Gasteiger partial charge in [-0.1, -0.05) is 13.0 Å². The van der Waals surface area contributed by atoms with Crippen LogP contribution in [0.5, 0.6) is 0 Å². The SMILES string of the molecule is CC1C[C@@H]2CC13Cc1c(ccc4[nH]ncc14)C3=C(C(F)(F)F)[C@@H]2O. The Labute approximate surface area is 136 Å². The molecule has 3 nitrogen and oxygen atoms in total. The summed E-state index contributed by atoms with van der Waals surface area (Å²) in [4.78, 5) is 0. The van der Waals surface area contributed by atoms with Crippen molar-refractivity contribution in [1.82, 2.24) is 10.2 Å². The molecule has 6 heteroatoms. The fourth-order valence-corrected chi connectivity index (χ4v) is 5.55. The van der Waals surface area contributed by atoms with Gasteiger partial charge in [-0.2, -0.15) is 18.3 Å². The number of H-pyrrole nitrogens is 1. The van der Waals surface area contributed by atoms with Gasteiger partial charge in [0.25, 0.3) is 0 Å². The molecule has 1 spiro atoms. The Bertz CT molecular complexity index is 897. The van der Waals surface area contributed by atoms with Gasteiger partial charge in [0.2, 0.25) is 0 Å². The number of hydrogen-bond donors (Lipinski definition) is 2. The van der Waals surface area contributed by atoms with Gasteiger partial charge in [-0.05, 0) is 53.9 Å². The van der Waals surface area contributed by atoms with Crippen molar-refractivity contribution in [2.24, 2.45) is 17.3 Å². The number of rotatable bonds is 0. The quantitative estimate of drug-likeness (QED) is 0.769. The molecule has 2 bridgehead atoms. The number of benzene rings is 1. The van der Waals surface area contributed by atoms with Crippen molar-refractivity contribution >= 4 is 16.5 Å². The van der Waals surface area contributed by atoms with Gasteiger partial charge in [-0.15, -0.1) is 0 Å². The first-order chi connectivity index (χ1) is 11.3. The number of aliphatic hydroxyl groups excluding tert-OH is 1. The highest BCUT2D eigenvalue weighted by molar-refractivity contribution is 5.93. The smallest absolute Gasteiger partial charge is 0.388 e. The number of nitrogens with zero attached hydrogens (tertiary/aromatic N) is 1. The van der Waals surface area contributed by atoms with E-state index in [2.05, 4.69) is 10.2 Å². The van der Waals surface area contributed by atoms with E-state index in [9.17, 15) is 18.3 Å². The molecule has 2 aromatic rings. The van der Waals surface area contributed by atoms with Gasteiger partial charge in [-0.25, -0.2) is 0 Å². The number of fused-ring (bicyclic) bond motifs is 5. The Kier molecular flexibility index (Phi) is 2.56. The van der Waals surface area contributed by atoms with Crippen LogP contribution in [0.3, 0.4) is 0 Å². The molecular weight excluding hydrogens is 317 g/mol. The minimum absolute atomic E-state index is 0.126. The molecule has 1 fully saturated rings. The second-order valence-electron chi connectivity index (χ2n) is 7.59. The third-order valence-corrected chi connectivity index (χ3v) is 6.54. The maximum atomic E-state index is 13.8. The van der Waals surface area contributed by atoms with E-state index >= 15 is 0 Å². The molecule has 126 valence electrons. The molecule has 1 aromatic carbocycles. The molecule has 1 heterocycles. The standard InChI is InChI=1S/C18H17F3N2O/c1-8-4-9-5-17(8)6-11-10(2-3-13-12(11)7-22-23-13)14(17)15(16(9)24)18(19,20)21/h2-3,7-9,16,24H,4-6H2,1H3,(H,22,23)/t8?,9-,16-,17?/m1/s1. The highest BCUT2D eigenvalue weighted by atomic mass is 19.4. The van der Waals surface area contributed by atoms with E-state index in [-0.39, 0.29) is 11.8 Å². The lowest BCUT2D eigenvalue weighted by Crippen LogP contribution is -2.38. The van der Waals surface area contributed by atoms with Crippen molar-refractivity contribution in [3.8, 4) is 0 Å². The predicted octanol–water partition coefficient (Wildman–Crippen LogP) is 3.84. The van der Waals surface area contributed by atoms with Crippen LogP contribution in [0, 0.1) is 17.3 Å². The summed E-state index contributed by atoms with van der Waals surface area (Å²) >= 11 is 0. The third-order valence-electron chi connectivity index (χ3n) is 6.54. The Morgan fingerprint density at radius 3 is 2.88 bits per heavy atom. The van der Waals surface area contributed by atoms with Gasteiger partial charge in [0.15, 0.2) is 0 Å². The first kappa shape index (κ1) is 14.5. The first-order valence-electron chi connectivity index (χ1n) is 8.28. The van der Waals surface area contributed by atoms with Crippen LogP contribution >= 0.6 is 0 Å². The normalized spacial score (nSPS) is 34.8. The van der Waals surface area contributed by atoms with E-state index < -0.39 is 23.3 Å². The van der Waals surface area contributed by atoms with Crippen LogP contribution in [0.2, 0.25) is 0 Å². The first-order valence-corrected chi connectivity index (χ1v) is 8.28. The second kappa shape index (κ2) is 4.23. The number of hydrogen-bond acceptors (Lipinski definition) is 2. The van der Waals surface area contributed by atoms with Crippen LogP contribution < -0.4 is 0 Å². The topological polar surface area (TPSA) is 48.9 Å². The average Bonchev–Trinajstić information content (AvgIpc) is 3.15. The zero-order chi connectivity index (χ0) is 16.9. The fraction of sp³-hybridized carbons (Fsp3) is 0.500. The number of aliphatic hydroxyl groups is 1. The van der Waals surface area contributed by atoms with E-state index in [0.717, 1.165) is 16.5 Å². The van der Waals surface area contributed by atoms with E-state index in [4.69, 9.17) is 0 Å². The molecule has 3 aliphatic rings. The lowest BCUT2D eigenvalue weighted by atomic mass is 9.67. The Balaban J connectivity index is 1.89. The maximum absolute atomic E-state index is 13.8. The molecule has 0 saturated heterocycles. The van der Waals surface area contributed by atoms with Crippen molar-refractivity contribution in [3.63, 3.8) is 0 Å². The van der Waals surface area contributed by atoms with Gasteiger partial charge in [0.1, 0.15) is 0 Å². The molecule has 0 radical (unpaired) electrons. The molecule has 2 unspecified atom stereocenters. The van der Waals surface area contributed by atoms with Crippen molar-refractivity contribution in [2.45, 2.75) is 38.5 Å². The molecule has 1 aromatic heterocycles. The number of alkyl halides is 3. The monoisotopic (exact) mass is 334 g/mol. The second-order valence-corrected chi connectivity index (χ2v) is 7.59. The molecule has 5 rings (SSSR count). The van der Waals surface area contributed by atoms with E-state index in [1.165, 1.54) is 0 Å². The van der Waals surface area contributed by atoms with Crippen LogP contribution in [-0.2, 0) is 6.42 Å². The molecule has 1 saturated carbocycles. The fourth-order valence-electron chi connectivity index (χ4n) is 5.55. The minimum atomic E-state index is -4.50. The summed E-state index contributed by atoms with van der Waals surface area (Å²) in [6.07, 6.45) is -2.33. The minimum Gasteiger partial charge on any atom is -0.388 e. The number of aromatic nitrogens is 2. The largest absolute Gasteiger partial charge is 0.415 e. The maximum Gasteiger partial charge on any atom is 0.415 e. The van der Waals surface area contributed by atoms with Gasteiger partial charge < -0.3 is 5.11 Å². The number of aromatic amines is 1. The van der Waals surface area contributed by atoms with Crippen molar-refractivity contribution < 1.29 is 18.3 Å². The summed E-state index contributed by atoms with van der Waals surface area (Å²) in [5, 5.41) is 18.3. The Hall–Kier alpha value is -1.82. The van der Waals surface area contributed by atoms with Gasteiger partial charge in [0, 0.05) is 10.8 Å². The van der Waals surface area contributed by atoms with Crippen LogP contribution in [0.4, 0.5) is 13.2 Å². The summed E-state index contributed by atoms with van der Waals surface area (Å²) in [6, 6.07) is 3.56. The number of allylic oxidation sites excluding steroid dienone is 1. The molecule has 3 aliphatic carbocycles. The van der Waals surface area contributed by atoms with Crippen LogP contribution in [0.25, 0.3) is 16.5 Å². The lowest BCUT2D eigenvalue weighted by molar-refractivity contribution is -0.111.